The van der Waals surface area contributed by atoms with E-state index >= 15 is 0 Å². The number of unbranched alkanes of at least 4 members (excludes halogenated alkanes) is 3. The molecule has 3 heteroatoms. The molecular formula is C15H21BrO2. The number of ketones is 1. The van der Waals surface area contributed by atoms with Crippen LogP contribution in [-0.2, 0) is 4.74 Å². The largest absolute Gasteiger partial charge is 0.370 e. The van der Waals surface area contributed by atoms with Crippen molar-refractivity contribution < 1.29 is 9.53 Å². The molecule has 1 aromatic rings. The number of halogens is 1. The van der Waals surface area contributed by atoms with Gasteiger partial charge in [0.05, 0.1) is 0 Å². The zero-order valence-electron chi connectivity index (χ0n) is 11.1. The van der Waals surface area contributed by atoms with E-state index < -0.39 is 0 Å². The fourth-order valence-corrected chi connectivity index (χ4v) is 1.98. The Labute approximate surface area is 118 Å². The zero-order valence-corrected chi connectivity index (χ0v) is 12.7. The molecule has 0 saturated heterocycles. The lowest BCUT2D eigenvalue weighted by molar-refractivity contribution is 0.0464. The standard InChI is InChI=1S/C15H21BrO2/c1-3-4-5-6-11-18-12(2)15(17)13-7-9-14(16)10-8-13/h7-10,12H,3-6,11H2,1-2H3. The van der Waals surface area contributed by atoms with Crippen LogP contribution in [0.25, 0.3) is 0 Å². The van der Waals surface area contributed by atoms with E-state index in [1.165, 1.54) is 19.3 Å². The highest BCUT2D eigenvalue weighted by molar-refractivity contribution is 9.10. The predicted molar refractivity (Wildman–Crippen MR) is 78.0 cm³/mol. The van der Waals surface area contributed by atoms with Crippen LogP contribution in [0.4, 0.5) is 0 Å². The molecule has 0 spiro atoms. The van der Waals surface area contributed by atoms with Gasteiger partial charge in [-0.05, 0) is 25.5 Å². The van der Waals surface area contributed by atoms with Crippen molar-refractivity contribution in [1.82, 2.24) is 0 Å². The monoisotopic (exact) mass is 312 g/mol. The first-order valence-electron chi connectivity index (χ1n) is 6.56. The van der Waals surface area contributed by atoms with Gasteiger partial charge in [-0.25, -0.2) is 0 Å². The number of carbonyl (C=O) groups is 1. The van der Waals surface area contributed by atoms with E-state index in [0.29, 0.717) is 12.2 Å². The first-order valence-corrected chi connectivity index (χ1v) is 7.35. The van der Waals surface area contributed by atoms with Crippen LogP contribution in [0.5, 0.6) is 0 Å². The second-order valence-electron chi connectivity index (χ2n) is 4.44. The second-order valence-corrected chi connectivity index (χ2v) is 5.36. The third-order valence-electron chi connectivity index (χ3n) is 2.86. The number of Topliss-reactive ketones (excluding diaryl/α,β-unsaturated/α-hetero) is 1. The molecule has 0 aliphatic heterocycles. The van der Waals surface area contributed by atoms with Crippen molar-refractivity contribution in [3.8, 4) is 0 Å². The Morgan fingerprint density at radius 1 is 1.22 bits per heavy atom. The molecule has 1 atom stereocenters. The Balaban J connectivity index is 2.34. The first kappa shape index (κ1) is 15.4. The third kappa shape index (κ3) is 5.32. The van der Waals surface area contributed by atoms with Crippen LogP contribution in [0, 0.1) is 0 Å². The predicted octanol–water partition coefficient (Wildman–Crippen LogP) is 4.62. The molecule has 0 aromatic heterocycles. The summed E-state index contributed by atoms with van der Waals surface area (Å²) in [6.07, 6.45) is 4.31. The van der Waals surface area contributed by atoms with E-state index in [2.05, 4.69) is 22.9 Å². The Hall–Kier alpha value is -0.670. The van der Waals surface area contributed by atoms with Crippen LogP contribution >= 0.6 is 15.9 Å². The average Bonchev–Trinajstić information content (AvgIpc) is 2.38. The van der Waals surface area contributed by atoms with Crippen molar-refractivity contribution in [2.24, 2.45) is 0 Å². The van der Waals surface area contributed by atoms with Crippen LogP contribution in [0.2, 0.25) is 0 Å². The molecule has 18 heavy (non-hydrogen) atoms. The Kier molecular flexibility index (Phi) is 7.21. The lowest BCUT2D eigenvalue weighted by atomic mass is 10.1. The Bertz CT molecular complexity index is 359. The summed E-state index contributed by atoms with van der Waals surface area (Å²) in [5.41, 5.74) is 0.708. The second kappa shape index (κ2) is 8.44. The Morgan fingerprint density at radius 3 is 2.50 bits per heavy atom. The van der Waals surface area contributed by atoms with Crippen LogP contribution < -0.4 is 0 Å². The zero-order chi connectivity index (χ0) is 13.4. The van der Waals surface area contributed by atoms with Gasteiger partial charge in [-0.15, -0.1) is 0 Å². The van der Waals surface area contributed by atoms with Gasteiger partial charge in [-0.1, -0.05) is 54.2 Å². The Morgan fingerprint density at radius 2 is 1.89 bits per heavy atom. The van der Waals surface area contributed by atoms with E-state index in [-0.39, 0.29) is 11.9 Å². The normalized spacial score (nSPS) is 12.4. The first-order chi connectivity index (χ1) is 8.65. The lowest BCUT2D eigenvalue weighted by Crippen LogP contribution is -2.21. The van der Waals surface area contributed by atoms with Gasteiger partial charge in [-0.2, -0.15) is 0 Å². The molecule has 2 nitrogen and oxygen atoms in total. The molecule has 0 N–H and O–H groups in total. The summed E-state index contributed by atoms with van der Waals surface area (Å²) in [6.45, 7) is 4.67. The number of hydrogen-bond donors (Lipinski definition) is 0. The molecule has 1 rings (SSSR count). The molecular weight excluding hydrogens is 292 g/mol. The van der Waals surface area contributed by atoms with E-state index in [4.69, 9.17) is 4.74 Å². The molecule has 100 valence electrons. The molecule has 0 amide bonds. The van der Waals surface area contributed by atoms with Crippen molar-refractivity contribution >= 4 is 21.7 Å². The average molecular weight is 313 g/mol. The van der Waals surface area contributed by atoms with Gasteiger partial charge in [0, 0.05) is 16.6 Å². The van der Waals surface area contributed by atoms with Crippen LogP contribution in [0.1, 0.15) is 49.9 Å². The van der Waals surface area contributed by atoms with Crippen molar-refractivity contribution in [1.29, 1.82) is 0 Å². The maximum absolute atomic E-state index is 12.0. The van der Waals surface area contributed by atoms with Crippen molar-refractivity contribution in [3.63, 3.8) is 0 Å². The minimum absolute atomic E-state index is 0.0537. The van der Waals surface area contributed by atoms with Crippen molar-refractivity contribution in [3.05, 3.63) is 34.3 Å². The maximum Gasteiger partial charge on any atom is 0.191 e. The maximum atomic E-state index is 12.0. The molecule has 1 aromatic carbocycles. The lowest BCUT2D eigenvalue weighted by Gasteiger charge is -2.12. The number of carbonyl (C=O) groups excluding carboxylic acids is 1. The number of rotatable bonds is 8. The highest BCUT2D eigenvalue weighted by atomic mass is 79.9. The smallest absolute Gasteiger partial charge is 0.191 e. The molecule has 0 bridgehead atoms. The summed E-state index contributed by atoms with van der Waals surface area (Å²) >= 11 is 3.36. The molecule has 0 aliphatic rings. The number of benzene rings is 1. The van der Waals surface area contributed by atoms with Crippen LogP contribution in [0.15, 0.2) is 28.7 Å². The third-order valence-corrected chi connectivity index (χ3v) is 3.39. The highest BCUT2D eigenvalue weighted by Gasteiger charge is 2.15. The van der Waals surface area contributed by atoms with Crippen LogP contribution in [0.3, 0.4) is 0 Å². The quantitative estimate of drug-likeness (QED) is 0.517. The van der Waals surface area contributed by atoms with Gasteiger partial charge in [0.25, 0.3) is 0 Å². The fourth-order valence-electron chi connectivity index (χ4n) is 1.71. The summed E-state index contributed by atoms with van der Waals surface area (Å²) in [7, 11) is 0. The molecule has 0 aliphatic carbocycles. The molecule has 0 heterocycles. The molecule has 0 radical (unpaired) electrons. The van der Waals surface area contributed by atoms with Crippen LogP contribution in [-0.4, -0.2) is 18.5 Å². The van der Waals surface area contributed by atoms with Gasteiger partial charge in [-0.3, -0.25) is 4.79 Å². The summed E-state index contributed by atoms with van der Waals surface area (Å²) in [4.78, 5) is 12.0. The van der Waals surface area contributed by atoms with Gasteiger partial charge in [0.2, 0.25) is 0 Å². The number of ether oxygens (including phenoxy) is 1. The van der Waals surface area contributed by atoms with Crippen molar-refractivity contribution in [2.75, 3.05) is 6.61 Å². The van der Waals surface area contributed by atoms with Gasteiger partial charge < -0.3 is 4.74 Å². The SMILES string of the molecule is CCCCCCOC(C)C(=O)c1ccc(Br)cc1. The minimum Gasteiger partial charge on any atom is -0.370 e. The van der Waals surface area contributed by atoms with Gasteiger partial charge in [0.1, 0.15) is 6.10 Å². The van der Waals surface area contributed by atoms with Crippen molar-refractivity contribution in [2.45, 2.75) is 45.6 Å². The molecule has 0 saturated carbocycles. The van der Waals surface area contributed by atoms with E-state index in [9.17, 15) is 4.79 Å². The molecule has 1 unspecified atom stereocenters. The fraction of sp³-hybridized carbons (Fsp3) is 0.533. The topological polar surface area (TPSA) is 26.3 Å². The van der Waals surface area contributed by atoms with Gasteiger partial charge >= 0.3 is 0 Å². The summed E-state index contributed by atoms with van der Waals surface area (Å²) in [5.74, 6) is 0.0537. The van der Waals surface area contributed by atoms with E-state index in [1.54, 1.807) is 0 Å². The minimum atomic E-state index is -0.354. The van der Waals surface area contributed by atoms with E-state index in [1.807, 2.05) is 31.2 Å². The summed E-state index contributed by atoms with van der Waals surface area (Å²) in [5, 5.41) is 0. The van der Waals surface area contributed by atoms with E-state index in [0.717, 1.165) is 10.9 Å². The number of hydrogen-bond acceptors (Lipinski definition) is 2. The highest BCUT2D eigenvalue weighted by Crippen LogP contribution is 2.13. The summed E-state index contributed by atoms with van der Waals surface area (Å²) in [6, 6.07) is 7.40. The molecule has 0 fully saturated rings. The summed E-state index contributed by atoms with van der Waals surface area (Å²) < 4.78 is 6.55. The van der Waals surface area contributed by atoms with Gasteiger partial charge in [0.15, 0.2) is 5.78 Å².